The highest BCUT2D eigenvalue weighted by atomic mass is 79.9. The first-order valence-corrected chi connectivity index (χ1v) is 6.99. The van der Waals surface area contributed by atoms with E-state index in [2.05, 4.69) is 26.6 Å². The van der Waals surface area contributed by atoms with Crippen LogP contribution in [0.1, 0.15) is 0 Å². The Morgan fingerprint density at radius 2 is 2.32 bits per heavy atom. The number of carbonyl (C=O) groups is 1. The topological polar surface area (TPSA) is 59.6 Å². The van der Waals surface area contributed by atoms with Crippen LogP contribution in [0.25, 0.3) is 0 Å². The Kier molecular flexibility index (Phi) is 5.78. The summed E-state index contributed by atoms with van der Waals surface area (Å²) in [5.41, 5.74) is 0.776. The molecule has 19 heavy (non-hydrogen) atoms. The smallest absolute Gasteiger partial charge is 0.238 e. The first-order valence-electron chi connectivity index (χ1n) is 6.19. The maximum absolute atomic E-state index is 11.7. The van der Waals surface area contributed by atoms with Crippen LogP contribution in [0.2, 0.25) is 0 Å². The minimum atomic E-state index is -0.0742. The van der Waals surface area contributed by atoms with Gasteiger partial charge in [0.05, 0.1) is 32.5 Å². The van der Waals surface area contributed by atoms with Crippen molar-refractivity contribution in [1.29, 1.82) is 0 Å². The maximum Gasteiger partial charge on any atom is 0.238 e. The van der Waals surface area contributed by atoms with E-state index in [-0.39, 0.29) is 18.6 Å². The molecule has 0 radical (unpaired) electrons. The Morgan fingerprint density at radius 3 is 3.05 bits per heavy atom. The molecule has 1 fully saturated rings. The molecule has 0 saturated carbocycles. The van der Waals surface area contributed by atoms with Gasteiger partial charge in [-0.3, -0.25) is 4.79 Å². The lowest BCUT2D eigenvalue weighted by Crippen LogP contribution is -2.40. The molecule has 6 heteroatoms. The molecule has 2 rings (SSSR count). The molecule has 1 aliphatic rings. The number of anilines is 1. The monoisotopic (exact) mass is 328 g/mol. The van der Waals surface area contributed by atoms with Crippen molar-refractivity contribution in [2.75, 3.05) is 38.2 Å². The van der Waals surface area contributed by atoms with Crippen LogP contribution in [0.4, 0.5) is 5.69 Å². The number of halogens is 1. The highest BCUT2D eigenvalue weighted by Gasteiger charge is 2.14. The van der Waals surface area contributed by atoms with Gasteiger partial charge in [-0.25, -0.2) is 0 Å². The third kappa shape index (κ3) is 5.28. The molecule has 1 aliphatic heterocycles. The summed E-state index contributed by atoms with van der Waals surface area (Å²) >= 11 is 3.36. The molecule has 0 bridgehead atoms. The number of nitrogens with one attached hydrogen (secondary N) is 2. The van der Waals surface area contributed by atoms with Crippen LogP contribution in [0.3, 0.4) is 0 Å². The first kappa shape index (κ1) is 14.5. The van der Waals surface area contributed by atoms with Gasteiger partial charge in [-0.05, 0) is 18.2 Å². The van der Waals surface area contributed by atoms with Gasteiger partial charge in [-0.15, -0.1) is 0 Å². The van der Waals surface area contributed by atoms with Crippen LogP contribution in [0.15, 0.2) is 28.7 Å². The number of ether oxygens (including phenoxy) is 2. The number of rotatable bonds is 5. The van der Waals surface area contributed by atoms with Crippen LogP contribution < -0.4 is 10.6 Å². The van der Waals surface area contributed by atoms with Crippen LogP contribution in [-0.4, -0.2) is 44.9 Å². The van der Waals surface area contributed by atoms with Crippen molar-refractivity contribution < 1.29 is 14.3 Å². The van der Waals surface area contributed by atoms with E-state index in [1.807, 2.05) is 24.3 Å². The zero-order valence-electron chi connectivity index (χ0n) is 10.5. The van der Waals surface area contributed by atoms with Crippen LogP contribution >= 0.6 is 15.9 Å². The maximum atomic E-state index is 11.7. The molecular weight excluding hydrogens is 312 g/mol. The van der Waals surface area contributed by atoms with Crippen molar-refractivity contribution in [2.24, 2.45) is 0 Å². The predicted octanol–water partition coefficient (Wildman–Crippen LogP) is 1.39. The minimum absolute atomic E-state index is 0.0346. The van der Waals surface area contributed by atoms with E-state index in [1.165, 1.54) is 0 Å². The Balaban J connectivity index is 1.67. The zero-order valence-corrected chi connectivity index (χ0v) is 12.1. The summed E-state index contributed by atoms with van der Waals surface area (Å²) in [5, 5.41) is 5.88. The molecule has 104 valence electrons. The molecule has 0 spiro atoms. The second-order valence-electron chi connectivity index (χ2n) is 4.26. The summed E-state index contributed by atoms with van der Waals surface area (Å²) in [4.78, 5) is 11.7. The van der Waals surface area contributed by atoms with Crippen molar-refractivity contribution in [3.8, 4) is 0 Å². The fraction of sp³-hybridized carbons (Fsp3) is 0.462. The van der Waals surface area contributed by atoms with Crippen molar-refractivity contribution in [2.45, 2.75) is 6.10 Å². The molecule has 1 unspecified atom stereocenters. The fourth-order valence-corrected chi connectivity index (χ4v) is 2.17. The summed E-state index contributed by atoms with van der Waals surface area (Å²) in [7, 11) is 0. The molecule has 0 aromatic heterocycles. The molecule has 5 nitrogen and oxygen atoms in total. The Bertz CT molecular complexity index is 422. The van der Waals surface area contributed by atoms with Gasteiger partial charge in [-0.1, -0.05) is 22.0 Å². The number of hydrogen-bond donors (Lipinski definition) is 2. The SMILES string of the molecule is O=C(CNCC1COCCO1)Nc1cccc(Br)c1. The summed E-state index contributed by atoms with van der Waals surface area (Å²) in [6, 6.07) is 7.49. The predicted molar refractivity (Wildman–Crippen MR) is 76.2 cm³/mol. The normalized spacial score (nSPS) is 19.1. The lowest BCUT2D eigenvalue weighted by molar-refractivity contribution is -0.116. The van der Waals surface area contributed by atoms with E-state index < -0.39 is 0 Å². The number of carbonyl (C=O) groups excluding carboxylic acids is 1. The van der Waals surface area contributed by atoms with E-state index >= 15 is 0 Å². The minimum Gasteiger partial charge on any atom is -0.376 e. The van der Waals surface area contributed by atoms with E-state index in [0.717, 1.165) is 10.2 Å². The molecule has 2 N–H and O–H groups in total. The molecule has 1 aromatic carbocycles. The summed E-state index contributed by atoms with van der Waals surface area (Å²) in [6.45, 7) is 2.73. The second kappa shape index (κ2) is 7.59. The van der Waals surface area contributed by atoms with Crippen LogP contribution in [0, 0.1) is 0 Å². The van der Waals surface area contributed by atoms with Crippen LogP contribution in [-0.2, 0) is 14.3 Å². The number of amides is 1. The van der Waals surface area contributed by atoms with Gasteiger partial charge >= 0.3 is 0 Å². The van der Waals surface area contributed by atoms with Crippen molar-refractivity contribution in [3.05, 3.63) is 28.7 Å². The van der Waals surface area contributed by atoms with Gasteiger partial charge in [0.2, 0.25) is 5.91 Å². The molecular formula is C13H17BrN2O3. The third-order valence-corrected chi connectivity index (χ3v) is 3.14. The van der Waals surface area contributed by atoms with Crippen molar-refractivity contribution in [3.63, 3.8) is 0 Å². The average Bonchev–Trinajstić information content (AvgIpc) is 2.40. The highest BCUT2D eigenvalue weighted by Crippen LogP contribution is 2.15. The fourth-order valence-electron chi connectivity index (χ4n) is 1.77. The van der Waals surface area contributed by atoms with Gasteiger partial charge in [0.15, 0.2) is 0 Å². The second-order valence-corrected chi connectivity index (χ2v) is 5.17. The Hall–Kier alpha value is -0.950. The van der Waals surface area contributed by atoms with Crippen molar-refractivity contribution >= 4 is 27.5 Å². The summed E-state index contributed by atoms with van der Waals surface area (Å²) < 4.78 is 11.7. The molecule has 1 atom stereocenters. The number of hydrogen-bond acceptors (Lipinski definition) is 4. The van der Waals surface area contributed by atoms with Gasteiger partial charge in [0, 0.05) is 16.7 Å². The van der Waals surface area contributed by atoms with Crippen LogP contribution in [0.5, 0.6) is 0 Å². The molecule has 1 aromatic rings. The summed E-state index contributed by atoms with van der Waals surface area (Å²) in [6.07, 6.45) is 0.0346. The molecule has 0 aliphatic carbocycles. The summed E-state index contributed by atoms with van der Waals surface area (Å²) in [5.74, 6) is -0.0742. The average molecular weight is 329 g/mol. The lowest BCUT2D eigenvalue weighted by atomic mass is 10.3. The van der Waals surface area contributed by atoms with Gasteiger partial charge in [0.25, 0.3) is 0 Å². The first-order chi connectivity index (χ1) is 9.24. The Morgan fingerprint density at radius 1 is 1.42 bits per heavy atom. The largest absolute Gasteiger partial charge is 0.376 e. The quantitative estimate of drug-likeness (QED) is 0.857. The highest BCUT2D eigenvalue weighted by molar-refractivity contribution is 9.10. The van der Waals surface area contributed by atoms with Gasteiger partial charge in [0.1, 0.15) is 0 Å². The molecule has 1 saturated heterocycles. The molecule has 1 heterocycles. The van der Waals surface area contributed by atoms with Gasteiger partial charge < -0.3 is 20.1 Å². The standard InChI is InChI=1S/C13H17BrN2O3/c14-10-2-1-3-11(6-10)16-13(17)8-15-7-12-9-18-4-5-19-12/h1-3,6,12,15H,4-5,7-9H2,(H,16,17). The third-order valence-electron chi connectivity index (χ3n) is 2.65. The van der Waals surface area contributed by atoms with E-state index in [0.29, 0.717) is 26.4 Å². The molecule has 1 amide bonds. The van der Waals surface area contributed by atoms with Crippen molar-refractivity contribution in [1.82, 2.24) is 5.32 Å². The van der Waals surface area contributed by atoms with E-state index in [9.17, 15) is 4.79 Å². The van der Waals surface area contributed by atoms with Gasteiger partial charge in [-0.2, -0.15) is 0 Å². The van der Waals surface area contributed by atoms with E-state index in [4.69, 9.17) is 9.47 Å². The zero-order chi connectivity index (χ0) is 13.5. The number of benzene rings is 1. The lowest BCUT2D eigenvalue weighted by Gasteiger charge is -2.23. The van der Waals surface area contributed by atoms with E-state index in [1.54, 1.807) is 0 Å². The Labute approximate surface area is 120 Å².